The van der Waals surface area contributed by atoms with Crippen LogP contribution >= 0.6 is 0 Å². The molecule has 2 rings (SSSR count). The van der Waals surface area contributed by atoms with Crippen LogP contribution < -0.4 is 0 Å². The Balaban J connectivity index is 2.50. The van der Waals surface area contributed by atoms with E-state index in [4.69, 9.17) is 0 Å². The topological polar surface area (TPSA) is 42.3 Å². The summed E-state index contributed by atoms with van der Waals surface area (Å²) >= 11 is 0. The summed E-state index contributed by atoms with van der Waals surface area (Å²) in [5.41, 5.74) is 2.52. The molecule has 0 atom stereocenters. The highest BCUT2D eigenvalue weighted by molar-refractivity contribution is 5.79. The van der Waals surface area contributed by atoms with Gasteiger partial charge in [0, 0.05) is 13.1 Å². The van der Waals surface area contributed by atoms with Gasteiger partial charge in [0.25, 0.3) is 0 Å². The molecule has 0 radical (unpaired) electrons. The van der Waals surface area contributed by atoms with E-state index in [0.717, 1.165) is 30.5 Å². The summed E-state index contributed by atoms with van der Waals surface area (Å²) < 4.78 is 1.95. The van der Waals surface area contributed by atoms with E-state index in [1.807, 2.05) is 23.6 Å². The van der Waals surface area contributed by atoms with E-state index in [1.165, 1.54) is 0 Å². The molecule has 0 spiro atoms. The fourth-order valence-electron chi connectivity index (χ4n) is 2.06. The van der Waals surface area contributed by atoms with Crippen LogP contribution in [-0.2, 0) is 11.3 Å². The molecule has 0 saturated heterocycles. The van der Waals surface area contributed by atoms with E-state index >= 15 is 0 Å². The Bertz CT molecular complexity index is 446. The second-order valence-electron chi connectivity index (χ2n) is 3.71. The molecule has 0 saturated carbocycles. The summed E-state index contributed by atoms with van der Waals surface area (Å²) in [6, 6.07) is 3.68. The number of nitrogens with zero attached hydrogens (tertiary/aromatic N) is 2. The Labute approximate surface area is 94.2 Å². The molecule has 0 aromatic carbocycles. The highest BCUT2D eigenvalue weighted by atomic mass is 16.1. The van der Waals surface area contributed by atoms with Gasteiger partial charge in [-0.3, -0.25) is 9.59 Å². The van der Waals surface area contributed by atoms with Crippen LogP contribution in [0.1, 0.15) is 29.5 Å². The van der Waals surface area contributed by atoms with Gasteiger partial charge in [-0.15, -0.1) is 0 Å². The molecular formula is C12H14N2O2. The number of carbonyl (C=O) groups excluding carboxylic acids is 2. The van der Waals surface area contributed by atoms with Crippen molar-refractivity contribution >= 4 is 18.4 Å². The first-order valence-corrected chi connectivity index (χ1v) is 5.39. The molecule has 1 aliphatic rings. The number of carbonyl (C=O) groups is 2. The first kappa shape index (κ1) is 10.7. The van der Waals surface area contributed by atoms with E-state index < -0.39 is 0 Å². The van der Waals surface area contributed by atoms with Gasteiger partial charge in [-0.25, -0.2) is 0 Å². The number of hydrogen-bond donors (Lipinski definition) is 0. The lowest BCUT2D eigenvalue weighted by Crippen LogP contribution is -2.31. The summed E-state index contributed by atoms with van der Waals surface area (Å²) in [4.78, 5) is 23.5. The zero-order valence-corrected chi connectivity index (χ0v) is 9.22. The van der Waals surface area contributed by atoms with Crippen molar-refractivity contribution in [1.29, 1.82) is 0 Å². The minimum absolute atomic E-state index is 0.623. The third-order valence-electron chi connectivity index (χ3n) is 2.80. The fraction of sp³-hybridized carbons (Fsp3) is 0.333. The quantitative estimate of drug-likeness (QED) is 0.722. The largest absolute Gasteiger partial charge is 0.335 e. The smallest absolute Gasteiger partial charge is 0.214 e. The maximum Gasteiger partial charge on any atom is 0.214 e. The first-order chi connectivity index (χ1) is 7.81. The standard InChI is InChI=1S/C12H14N2O2/c1-2-3-11-12-5-4-10(8-15)14(12)7-6-13(11)9-16/h3-5,8-9H,2,6-7H2,1H3. The SMILES string of the molecule is CCC=C1c2ccc(C=O)n2CCN1C=O. The summed E-state index contributed by atoms with van der Waals surface area (Å²) in [6.07, 6.45) is 4.57. The second-order valence-corrected chi connectivity index (χ2v) is 3.71. The molecule has 1 aromatic heterocycles. The predicted octanol–water partition coefficient (Wildman–Crippen LogP) is 1.52. The lowest BCUT2D eigenvalue weighted by Gasteiger charge is -2.28. The van der Waals surface area contributed by atoms with Crippen LogP contribution in [-0.4, -0.2) is 28.7 Å². The van der Waals surface area contributed by atoms with E-state index in [9.17, 15) is 9.59 Å². The molecule has 1 aromatic rings. The molecule has 0 fully saturated rings. The Hall–Kier alpha value is -1.84. The Morgan fingerprint density at radius 2 is 2.12 bits per heavy atom. The van der Waals surface area contributed by atoms with Gasteiger partial charge in [0.05, 0.1) is 17.1 Å². The highest BCUT2D eigenvalue weighted by Gasteiger charge is 2.21. The van der Waals surface area contributed by atoms with Crippen LogP contribution in [0.4, 0.5) is 0 Å². The molecular weight excluding hydrogens is 204 g/mol. The average Bonchev–Trinajstić information content (AvgIpc) is 2.73. The molecule has 1 aliphatic heterocycles. The maximum absolute atomic E-state index is 10.9. The van der Waals surface area contributed by atoms with E-state index in [0.29, 0.717) is 18.8 Å². The number of allylic oxidation sites excluding steroid dienone is 1. The first-order valence-electron chi connectivity index (χ1n) is 5.39. The summed E-state index contributed by atoms with van der Waals surface area (Å²) in [7, 11) is 0. The molecule has 2 heterocycles. The second kappa shape index (κ2) is 4.35. The van der Waals surface area contributed by atoms with Gasteiger partial charge in [-0.2, -0.15) is 0 Å². The van der Waals surface area contributed by atoms with E-state index in [2.05, 4.69) is 0 Å². The molecule has 0 N–H and O–H groups in total. The van der Waals surface area contributed by atoms with Crippen molar-refractivity contribution in [2.45, 2.75) is 19.9 Å². The van der Waals surface area contributed by atoms with Crippen LogP contribution in [0.3, 0.4) is 0 Å². The van der Waals surface area contributed by atoms with Crippen LogP contribution in [0.15, 0.2) is 18.2 Å². The molecule has 4 heteroatoms. The molecule has 4 nitrogen and oxygen atoms in total. The third kappa shape index (κ3) is 1.56. The van der Waals surface area contributed by atoms with Gasteiger partial charge in [-0.05, 0) is 18.6 Å². The lowest BCUT2D eigenvalue weighted by molar-refractivity contribution is -0.115. The Morgan fingerprint density at radius 1 is 1.31 bits per heavy atom. The third-order valence-corrected chi connectivity index (χ3v) is 2.80. The predicted molar refractivity (Wildman–Crippen MR) is 60.9 cm³/mol. The van der Waals surface area contributed by atoms with Crippen LogP contribution in [0, 0.1) is 0 Å². The number of rotatable bonds is 3. The molecule has 16 heavy (non-hydrogen) atoms. The average molecular weight is 218 g/mol. The van der Waals surface area contributed by atoms with Gasteiger partial charge < -0.3 is 9.47 Å². The maximum atomic E-state index is 10.9. The molecule has 0 bridgehead atoms. The summed E-state index contributed by atoms with van der Waals surface area (Å²) in [5, 5.41) is 0. The van der Waals surface area contributed by atoms with E-state index in [1.54, 1.807) is 11.0 Å². The van der Waals surface area contributed by atoms with Gasteiger partial charge in [0.2, 0.25) is 6.41 Å². The zero-order valence-electron chi connectivity index (χ0n) is 9.22. The van der Waals surface area contributed by atoms with Crippen molar-refractivity contribution in [2.75, 3.05) is 6.54 Å². The van der Waals surface area contributed by atoms with Gasteiger partial charge in [-0.1, -0.05) is 13.0 Å². The Morgan fingerprint density at radius 3 is 2.75 bits per heavy atom. The van der Waals surface area contributed by atoms with Crippen LogP contribution in [0.25, 0.3) is 5.70 Å². The Kier molecular flexibility index (Phi) is 2.90. The van der Waals surface area contributed by atoms with Crippen LogP contribution in [0.2, 0.25) is 0 Å². The lowest BCUT2D eigenvalue weighted by atomic mass is 10.2. The molecule has 84 valence electrons. The van der Waals surface area contributed by atoms with Crippen molar-refractivity contribution in [3.05, 3.63) is 29.6 Å². The number of hydrogen-bond acceptors (Lipinski definition) is 2. The van der Waals surface area contributed by atoms with Crippen molar-refractivity contribution < 1.29 is 9.59 Å². The van der Waals surface area contributed by atoms with Crippen molar-refractivity contribution in [1.82, 2.24) is 9.47 Å². The van der Waals surface area contributed by atoms with Crippen molar-refractivity contribution in [3.8, 4) is 0 Å². The zero-order chi connectivity index (χ0) is 11.5. The van der Waals surface area contributed by atoms with Crippen molar-refractivity contribution in [2.24, 2.45) is 0 Å². The minimum Gasteiger partial charge on any atom is -0.335 e. The van der Waals surface area contributed by atoms with Crippen LogP contribution in [0.5, 0.6) is 0 Å². The minimum atomic E-state index is 0.623. The molecule has 1 amide bonds. The number of aldehydes is 1. The van der Waals surface area contributed by atoms with Gasteiger partial charge in [0.15, 0.2) is 6.29 Å². The number of fused-ring (bicyclic) bond motifs is 1. The van der Waals surface area contributed by atoms with E-state index in [-0.39, 0.29) is 0 Å². The van der Waals surface area contributed by atoms with Crippen molar-refractivity contribution in [3.63, 3.8) is 0 Å². The summed E-state index contributed by atoms with van der Waals surface area (Å²) in [5.74, 6) is 0. The van der Waals surface area contributed by atoms with Gasteiger partial charge in [0.1, 0.15) is 0 Å². The molecule has 0 unspecified atom stereocenters. The molecule has 0 aliphatic carbocycles. The van der Waals surface area contributed by atoms with Gasteiger partial charge >= 0.3 is 0 Å². The normalized spacial score (nSPS) is 17.3. The summed E-state index contributed by atoms with van der Waals surface area (Å²) in [6.45, 7) is 3.33. The number of amides is 1. The monoisotopic (exact) mass is 218 g/mol. The number of aromatic nitrogens is 1. The fourth-order valence-corrected chi connectivity index (χ4v) is 2.06. The highest BCUT2D eigenvalue weighted by Crippen LogP contribution is 2.25.